The summed E-state index contributed by atoms with van der Waals surface area (Å²) in [7, 11) is 0. The monoisotopic (exact) mass is 235 g/mol. The van der Waals surface area contributed by atoms with Crippen molar-refractivity contribution in [3.8, 4) is 0 Å². The zero-order valence-corrected chi connectivity index (χ0v) is 9.90. The van der Waals surface area contributed by atoms with E-state index < -0.39 is 0 Å². The van der Waals surface area contributed by atoms with E-state index in [-0.39, 0.29) is 6.03 Å². The Kier molecular flexibility index (Phi) is 3.95. The summed E-state index contributed by atoms with van der Waals surface area (Å²) in [5.74, 6) is 0. The minimum atomic E-state index is -0.152. The second-order valence-electron chi connectivity index (χ2n) is 3.97. The van der Waals surface area contributed by atoms with Crippen molar-refractivity contribution in [1.82, 2.24) is 10.4 Å². The van der Waals surface area contributed by atoms with Gasteiger partial charge in [0.1, 0.15) is 0 Å². The van der Waals surface area contributed by atoms with Gasteiger partial charge in [0.15, 0.2) is 0 Å². The van der Waals surface area contributed by atoms with E-state index in [1.54, 1.807) is 5.01 Å². The molecule has 1 aliphatic heterocycles. The van der Waals surface area contributed by atoms with Gasteiger partial charge in [-0.1, -0.05) is 12.1 Å². The van der Waals surface area contributed by atoms with Crippen LogP contribution in [0.1, 0.15) is 5.56 Å². The number of anilines is 1. The Balaban J connectivity index is 1.95. The average molecular weight is 235 g/mol. The second kappa shape index (κ2) is 5.65. The van der Waals surface area contributed by atoms with Crippen LogP contribution < -0.4 is 10.7 Å². The molecule has 0 aromatic heterocycles. The summed E-state index contributed by atoms with van der Waals surface area (Å²) in [4.78, 5) is 11.9. The van der Waals surface area contributed by atoms with Gasteiger partial charge in [0, 0.05) is 12.2 Å². The summed E-state index contributed by atoms with van der Waals surface area (Å²) in [5.41, 5.74) is 4.94. The molecule has 1 fully saturated rings. The molecule has 1 aliphatic rings. The number of aryl methyl sites for hydroxylation is 1. The summed E-state index contributed by atoms with van der Waals surface area (Å²) >= 11 is 0. The molecule has 1 saturated heterocycles. The topological polar surface area (TPSA) is 53.6 Å². The van der Waals surface area contributed by atoms with Gasteiger partial charge in [-0.2, -0.15) is 0 Å². The van der Waals surface area contributed by atoms with Crippen LogP contribution in [0.4, 0.5) is 10.5 Å². The van der Waals surface area contributed by atoms with Crippen LogP contribution in [-0.2, 0) is 4.74 Å². The van der Waals surface area contributed by atoms with Crippen molar-refractivity contribution in [3.63, 3.8) is 0 Å². The number of amides is 2. The number of benzene rings is 1. The number of carbonyl (C=O) groups is 1. The van der Waals surface area contributed by atoms with Crippen LogP contribution >= 0.6 is 0 Å². The van der Waals surface area contributed by atoms with Crippen LogP contribution in [0.15, 0.2) is 24.3 Å². The summed E-state index contributed by atoms with van der Waals surface area (Å²) < 4.78 is 5.26. The first-order chi connectivity index (χ1) is 8.25. The average Bonchev–Trinajstić information content (AvgIpc) is 2.57. The van der Waals surface area contributed by atoms with Gasteiger partial charge in [-0.25, -0.2) is 10.2 Å². The molecule has 0 aliphatic carbocycles. The lowest BCUT2D eigenvalue weighted by atomic mass is 10.2. The number of carbonyl (C=O) groups excluding carboxylic acids is 1. The molecule has 2 amide bonds. The lowest BCUT2D eigenvalue weighted by Crippen LogP contribution is -2.45. The molecule has 5 heteroatoms. The molecule has 0 spiro atoms. The van der Waals surface area contributed by atoms with Crippen molar-refractivity contribution in [1.29, 1.82) is 0 Å². The quantitative estimate of drug-likeness (QED) is 0.773. The zero-order valence-electron chi connectivity index (χ0n) is 9.90. The standard InChI is InChI=1S/C12H17N3O2/c1-10-3-2-4-11(9-10)14-12(16)15-6-8-17-7-5-13-15/h2-4,9,13H,5-8H2,1H3,(H,14,16). The molecular formula is C12H17N3O2. The fourth-order valence-corrected chi connectivity index (χ4v) is 1.68. The highest BCUT2D eigenvalue weighted by atomic mass is 16.5. The number of ether oxygens (including phenoxy) is 1. The Labute approximate surface area is 101 Å². The summed E-state index contributed by atoms with van der Waals surface area (Å²) in [6.45, 7) is 4.40. The van der Waals surface area contributed by atoms with E-state index in [0.717, 1.165) is 11.3 Å². The number of nitrogens with zero attached hydrogens (tertiary/aromatic N) is 1. The maximum atomic E-state index is 11.9. The highest BCUT2D eigenvalue weighted by Gasteiger charge is 2.15. The van der Waals surface area contributed by atoms with Gasteiger partial charge in [-0.3, -0.25) is 5.01 Å². The van der Waals surface area contributed by atoms with E-state index >= 15 is 0 Å². The Hall–Kier alpha value is -1.59. The van der Waals surface area contributed by atoms with Gasteiger partial charge in [-0.05, 0) is 24.6 Å². The third-order valence-electron chi connectivity index (χ3n) is 2.52. The smallest absolute Gasteiger partial charge is 0.336 e. The van der Waals surface area contributed by atoms with Crippen molar-refractivity contribution in [2.24, 2.45) is 0 Å². The van der Waals surface area contributed by atoms with E-state index in [1.807, 2.05) is 31.2 Å². The third-order valence-corrected chi connectivity index (χ3v) is 2.52. The fourth-order valence-electron chi connectivity index (χ4n) is 1.68. The molecular weight excluding hydrogens is 218 g/mol. The molecule has 0 radical (unpaired) electrons. The predicted molar refractivity (Wildman–Crippen MR) is 65.7 cm³/mol. The van der Waals surface area contributed by atoms with Crippen LogP contribution in [0, 0.1) is 6.92 Å². The molecule has 0 bridgehead atoms. The highest BCUT2D eigenvalue weighted by Crippen LogP contribution is 2.10. The number of hydrazine groups is 1. The number of hydrogen-bond acceptors (Lipinski definition) is 3. The Morgan fingerprint density at radius 2 is 2.35 bits per heavy atom. The SMILES string of the molecule is Cc1cccc(NC(=O)N2CCOCCN2)c1. The van der Waals surface area contributed by atoms with E-state index in [1.165, 1.54) is 0 Å². The molecule has 0 saturated carbocycles. The molecule has 0 atom stereocenters. The van der Waals surface area contributed by atoms with E-state index in [9.17, 15) is 4.79 Å². The van der Waals surface area contributed by atoms with Crippen LogP contribution in [0.2, 0.25) is 0 Å². The van der Waals surface area contributed by atoms with Crippen molar-refractivity contribution < 1.29 is 9.53 Å². The van der Waals surface area contributed by atoms with Crippen molar-refractivity contribution in [3.05, 3.63) is 29.8 Å². The van der Waals surface area contributed by atoms with E-state index in [4.69, 9.17) is 4.74 Å². The van der Waals surface area contributed by atoms with Crippen LogP contribution in [-0.4, -0.2) is 37.3 Å². The zero-order chi connectivity index (χ0) is 12.1. The Bertz CT molecular complexity index is 387. The molecule has 0 unspecified atom stereocenters. The summed E-state index contributed by atoms with van der Waals surface area (Å²) in [6, 6.07) is 7.57. The number of nitrogens with one attached hydrogen (secondary N) is 2. The fraction of sp³-hybridized carbons (Fsp3) is 0.417. The lowest BCUT2D eigenvalue weighted by Gasteiger charge is -2.20. The number of hydrogen-bond donors (Lipinski definition) is 2. The van der Waals surface area contributed by atoms with E-state index in [0.29, 0.717) is 26.3 Å². The van der Waals surface area contributed by atoms with Gasteiger partial charge < -0.3 is 10.1 Å². The molecule has 1 aromatic carbocycles. The minimum absolute atomic E-state index is 0.152. The first kappa shape index (κ1) is 11.9. The van der Waals surface area contributed by atoms with Gasteiger partial charge in [0.2, 0.25) is 0 Å². The molecule has 1 heterocycles. The second-order valence-corrected chi connectivity index (χ2v) is 3.97. The summed E-state index contributed by atoms with van der Waals surface area (Å²) in [5, 5.41) is 4.40. The van der Waals surface area contributed by atoms with Crippen molar-refractivity contribution in [2.75, 3.05) is 31.6 Å². The van der Waals surface area contributed by atoms with Crippen LogP contribution in [0.25, 0.3) is 0 Å². The van der Waals surface area contributed by atoms with Crippen LogP contribution in [0.3, 0.4) is 0 Å². The molecule has 2 N–H and O–H groups in total. The lowest BCUT2D eigenvalue weighted by molar-refractivity contribution is 0.147. The maximum absolute atomic E-state index is 11.9. The van der Waals surface area contributed by atoms with E-state index in [2.05, 4.69) is 10.7 Å². The first-order valence-corrected chi connectivity index (χ1v) is 5.72. The number of urea groups is 1. The third kappa shape index (κ3) is 3.44. The van der Waals surface area contributed by atoms with Gasteiger partial charge in [0.05, 0.1) is 19.8 Å². The molecule has 17 heavy (non-hydrogen) atoms. The van der Waals surface area contributed by atoms with Crippen LogP contribution in [0.5, 0.6) is 0 Å². The molecule has 2 rings (SSSR count). The Morgan fingerprint density at radius 3 is 3.18 bits per heavy atom. The van der Waals surface area contributed by atoms with Gasteiger partial charge in [0.25, 0.3) is 0 Å². The first-order valence-electron chi connectivity index (χ1n) is 5.72. The number of rotatable bonds is 1. The minimum Gasteiger partial charge on any atom is -0.378 e. The summed E-state index contributed by atoms with van der Waals surface area (Å²) in [6.07, 6.45) is 0. The normalized spacial score (nSPS) is 16.4. The highest BCUT2D eigenvalue weighted by molar-refractivity contribution is 5.89. The van der Waals surface area contributed by atoms with Gasteiger partial charge in [-0.15, -0.1) is 0 Å². The van der Waals surface area contributed by atoms with Gasteiger partial charge >= 0.3 is 6.03 Å². The van der Waals surface area contributed by atoms with Crippen molar-refractivity contribution >= 4 is 11.7 Å². The molecule has 5 nitrogen and oxygen atoms in total. The molecule has 92 valence electrons. The van der Waals surface area contributed by atoms with Crippen molar-refractivity contribution in [2.45, 2.75) is 6.92 Å². The largest absolute Gasteiger partial charge is 0.378 e. The maximum Gasteiger partial charge on any atom is 0.336 e. The molecule has 1 aromatic rings. The predicted octanol–water partition coefficient (Wildman–Crippen LogP) is 1.36. The Morgan fingerprint density at radius 1 is 1.47 bits per heavy atom.